The number of furan rings is 1. The van der Waals surface area contributed by atoms with Gasteiger partial charge in [0, 0.05) is 13.0 Å². The van der Waals surface area contributed by atoms with Crippen LogP contribution in [0.4, 0.5) is 0 Å². The fraction of sp³-hybridized carbons (Fsp3) is 0.214. The highest BCUT2D eigenvalue weighted by atomic mass is 32.2. The predicted molar refractivity (Wildman–Crippen MR) is 91.7 cm³/mol. The molecule has 132 valence electrons. The molecule has 0 radical (unpaired) electrons. The molecule has 0 fully saturated rings. The molecule has 0 aliphatic heterocycles. The van der Waals surface area contributed by atoms with Crippen LogP contribution in [0.2, 0.25) is 0 Å². The lowest BCUT2D eigenvalue weighted by Crippen LogP contribution is -2.33. The molecule has 3 aromatic rings. The molecule has 0 bridgehead atoms. The van der Waals surface area contributed by atoms with Crippen molar-refractivity contribution in [1.82, 2.24) is 13.1 Å². The Labute approximate surface area is 147 Å². The summed E-state index contributed by atoms with van der Waals surface area (Å²) >= 11 is 0.948. The van der Waals surface area contributed by atoms with E-state index in [0.29, 0.717) is 16.8 Å². The van der Waals surface area contributed by atoms with E-state index in [1.165, 1.54) is 16.6 Å². The molecule has 2 aromatic heterocycles. The van der Waals surface area contributed by atoms with Crippen LogP contribution in [0.25, 0.3) is 11.0 Å². The molecule has 1 aromatic carbocycles. The van der Waals surface area contributed by atoms with Crippen molar-refractivity contribution in [3.05, 3.63) is 42.4 Å². The Morgan fingerprint density at radius 3 is 2.88 bits per heavy atom. The number of fused-ring (bicyclic) bond motifs is 1. The number of sulfonamides is 1. The maximum Gasteiger partial charge on any atom is 0.245 e. The van der Waals surface area contributed by atoms with Gasteiger partial charge in [-0.2, -0.15) is 13.1 Å². The summed E-state index contributed by atoms with van der Waals surface area (Å²) in [5.74, 6) is 0.417. The predicted octanol–water partition coefficient (Wildman–Crippen LogP) is 1.61. The first-order chi connectivity index (χ1) is 12.0. The first-order valence-electron chi connectivity index (χ1n) is 7.22. The summed E-state index contributed by atoms with van der Waals surface area (Å²) in [6, 6.07) is 8.15. The number of nitrogens with two attached hydrogens (primary N) is 1. The fourth-order valence-electron chi connectivity index (χ4n) is 2.28. The van der Waals surface area contributed by atoms with Crippen molar-refractivity contribution >= 4 is 38.6 Å². The van der Waals surface area contributed by atoms with E-state index in [9.17, 15) is 8.42 Å². The third-order valence-electron chi connectivity index (χ3n) is 3.52. The van der Waals surface area contributed by atoms with Crippen LogP contribution in [0.5, 0.6) is 0 Å². The van der Waals surface area contributed by atoms with Crippen molar-refractivity contribution in [1.29, 1.82) is 0 Å². The van der Waals surface area contributed by atoms with E-state index in [-0.39, 0.29) is 30.2 Å². The molecule has 0 saturated heterocycles. The minimum Gasteiger partial charge on any atom is -0.468 e. The van der Waals surface area contributed by atoms with Crippen LogP contribution in [0, 0.1) is 0 Å². The Balaban J connectivity index is 1.99. The summed E-state index contributed by atoms with van der Waals surface area (Å²) < 4.78 is 40.9. The molecule has 0 spiro atoms. The Bertz CT molecular complexity index is 982. The van der Waals surface area contributed by atoms with Gasteiger partial charge in [-0.3, -0.25) is 0 Å². The molecule has 9 nitrogen and oxygen atoms in total. The second-order valence-electron chi connectivity index (χ2n) is 5.15. The molecule has 0 saturated carbocycles. The largest absolute Gasteiger partial charge is 0.468 e. The maximum absolute atomic E-state index is 13.1. The molecule has 0 unspecified atom stereocenters. The van der Waals surface area contributed by atoms with Gasteiger partial charge < -0.3 is 15.4 Å². The molecule has 3 rings (SSSR count). The standard InChI is InChI=1S/C14H15N5O4S2/c15-13(16-20)6-7-19(9-10-3-2-8-23-10)25(21,22)12-5-1-4-11-14(12)18-24-17-11/h1-5,8,20H,6-7,9H2,(H2,15,16). The molecule has 0 aliphatic rings. The average molecular weight is 381 g/mol. The summed E-state index contributed by atoms with van der Waals surface area (Å²) in [5.41, 5.74) is 6.32. The number of benzene rings is 1. The van der Waals surface area contributed by atoms with E-state index in [0.717, 1.165) is 11.7 Å². The molecule has 25 heavy (non-hydrogen) atoms. The highest BCUT2D eigenvalue weighted by Crippen LogP contribution is 2.25. The third kappa shape index (κ3) is 3.62. The van der Waals surface area contributed by atoms with Crippen molar-refractivity contribution in [2.45, 2.75) is 17.9 Å². The lowest BCUT2D eigenvalue weighted by atomic mass is 10.3. The monoisotopic (exact) mass is 381 g/mol. The zero-order valence-electron chi connectivity index (χ0n) is 12.9. The van der Waals surface area contributed by atoms with Gasteiger partial charge >= 0.3 is 0 Å². The Morgan fingerprint density at radius 2 is 2.16 bits per heavy atom. The van der Waals surface area contributed by atoms with Gasteiger partial charge in [-0.1, -0.05) is 11.2 Å². The number of hydrogen-bond donors (Lipinski definition) is 2. The quantitative estimate of drug-likeness (QED) is 0.275. The summed E-state index contributed by atoms with van der Waals surface area (Å²) in [7, 11) is -3.89. The van der Waals surface area contributed by atoms with Crippen LogP contribution in [0.1, 0.15) is 12.2 Å². The Morgan fingerprint density at radius 1 is 1.32 bits per heavy atom. The summed E-state index contributed by atoms with van der Waals surface area (Å²) in [6.07, 6.45) is 1.54. The van der Waals surface area contributed by atoms with Gasteiger partial charge in [0.05, 0.1) is 24.5 Å². The van der Waals surface area contributed by atoms with E-state index < -0.39 is 10.0 Å². The molecule has 11 heteroatoms. The summed E-state index contributed by atoms with van der Waals surface area (Å²) in [4.78, 5) is 0.0600. The third-order valence-corrected chi connectivity index (χ3v) is 5.94. The Kier molecular flexibility index (Phi) is 4.97. The van der Waals surface area contributed by atoms with Crippen molar-refractivity contribution in [2.75, 3.05) is 6.54 Å². The number of oxime groups is 1. The van der Waals surface area contributed by atoms with Gasteiger partial charge in [-0.25, -0.2) is 8.42 Å². The van der Waals surface area contributed by atoms with Gasteiger partial charge in [-0.15, -0.1) is 0 Å². The molecular weight excluding hydrogens is 366 g/mol. The van der Waals surface area contributed by atoms with E-state index in [1.54, 1.807) is 24.3 Å². The Hall–Kier alpha value is -2.50. The minimum absolute atomic E-state index is 0.0159. The number of rotatable bonds is 7. The highest BCUT2D eigenvalue weighted by molar-refractivity contribution is 7.89. The first-order valence-corrected chi connectivity index (χ1v) is 9.39. The maximum atomic E-state index is 13.1. The first kappa shape index (κ1) is 17.3. The lowest BCUT2D eigenvalue weighted by Gasteiger charge is -2.21. The van der Waals surface area contributed by atoms with E-state index >= 15 is 0 Å². The van der Waals surface area contributed by atoms with Crippen molar-refractivity contribution in [3.63, 3.8) is 0 Å². The molecule has 0 aliphatic carbocycles. The van der Waals surface area contributed by atoms with Gasteiger partial charge in [0.1, 0.15) is 27.5 Å². The van der Waals surface area contributed by atoms with Crippen LogP contribution < -0.4 is 5.73 Å². The molecule has 2 heterocycles. The van der Waals surface area contributed by atoms with Gasteiger partial charge in [-0.05, 0) is 24.3 Å². The van der Waals surface area contributed by atoms with Crippen LogP contribution in [-0.2, 0) is 16.6 Å². The highest BCUT2D eigenvalue weighted by Gasteiger charge is 2.28. The van der Waals surface area contributed by atoms with Crippen LogP contribution in [0.15, 0.2) is 51.1 Å². The van der Waals surface area contributed by atoms with E-state index in [2.05, 4.69) is 13.9 Å². The van der Waals surface area contributed by atoms with Crippen molar-refractivity contribution in [3.8, 4) is 0 Å². The van der Waals surface area contributed by atoms with Crippen molar-refractivity contribution < 1.29 is 18.0 Å². The topological polar surface area (TPSA) is 135 Å². The fourth-order valence-corrected chi connectivity index (χ4v) is 4.44. The average Bonchev–Trinajstić information content (AvgIpc) is 3.28. The number of nitrogens with zero attached hydrogens (tertiary/aromatic N) is 4. The summed E-state index contributed by atoms with van der Waals surface area (Å²) in [5, 5.41) is 11.6. The van der Waals surface area contributed by atoms with Crippen LogP contribution in [0.3, 0.4) is 0 Å². The second-order valence-corrected chi connectivity index (χ2v) is 7.58. The smallest absolute Gasteiger partial charge is 0.245 e. The SMILES string of the molecule is N/C(CCN(Cc1ccco1)S(=O)(=O)c1cccc2nsnc12)=N/O. The molecule has 0 atom stereocenters. The number of aromatic nitrogens is 2. The van der Waals surface area contributed by atoms with Gasteiger partial charge in [0.15, 0.2) is 0 Å². The summed E-state index contributed by atoms with van der Waals surface area (Å²) in [6.45, 7) is 0.0366. The molecular formula is C14H15N5O4S2. The van der Waals surface area contributed by atoms with E-state index in [4.69, 9.17) is 15.4 Å². The second kappa shape index (κ2) is 7.17. The number of hydrogen-bond acceptors (Lipinski definition) is 8. The zero-order chi connectivity index (χ0) is 17.9. The number of amidine groups is 1. The normalized spacial score (nSPS) is 12.9. The van der Waals surface area contributed by atoms with Crippen LogP contribution >= 0.6 is 11.7 Å². The van der Waals surface area contributed by atoms with Crippen molar-refractivity contribution in [2.24, 2.45) is 10.9 Å². The molecule has 3 N–H and O–H groups in total. The minimum atomic E-state index is -3.89. The van der Waals surface area contributed by atoms with Gasteiger partial charge in [0.2, 0.25) is 10.0 Å². The van der Waals surface area contributed by atoms with Gasteiger partial charge in [0.25, 0.3) is 0 Å². The van der Waals surface area contributed by atoms with E-state index in [1.807, 2.05) is 0 Å². The lowest BCUT2D eigenvalue weighted by molar-refractivity contribution is 0.314. The van der Waals surface area contributed by atoms with Crippen LogP contribution in [-0.4, -0.2) is 39.1 Å². The zero-order valence-corrected chi connectivity index (χ0v) is 14.6. The molecule has 0 amide bonds.